The number of methoxy groups -OCH3 is 1. The molecule has 1 saturated heterocycles. The highest BCUT2D eigenvalue weighted by Gasteiger charge is 2.40. The maximum atomic E-state index is 13.3. The van der Waals surface area contributed by atoms with Crippen LogP contribution in [0.1, 0.15) is 39.9 Å². The molecule has 0 aromatic heterocycles. The molecule has 1 fully saturated rings. The molecule has 2 heterocycles. The van der Waals surface area contributed by atoms with Gasteiger partial charge in [0.25, 0.3) is 5.91 Å². The van der Waals surface area contributed by atoms with Crippen molar-refractivity contribution in [2.24, 2.45) is 5.92 Å². The summed E-state index contributed by atoms with van der Waals surface area (Å²) in [6.07, 6.45) is 5.59. The van der Waals surface area contributed by atoms with E-state index in [4.69, 9.17) is 9.47 Å². The van der Waals surface area contributed by atoms with E-state index in [1.165, 1.54) is 5.56 Å². The monoisotopic (exact) mass is 390 g/mol. The maximum absolute atomic E-state index is 13.3. The SMILES string of the molecule is COc1ccccc1C1Nc2c(C(=O)N3CCOCC3)cccc2C2C=CCC21. The number of morpholine rings is 1. The van der Waals surface area contributed by atoms with E-state index in [0.29, 0.717) is 38.1 Å². The van der Waals surface area contributed by atoms with Gasteiger partial charge in [-0.05, 0) is 30.0 Å². The fraction of sp³-hybridized carbons (Fsp3) is 0.375. The lowest BCUT2D eigenvalue weighted by Gasteiger charge is -2.39. The Kier molecular flexibility index (Phi) is 4.76. The summed E-state index contributed by atoms with van der Waals surface area (Å²) < 4.78 is 11.1. The van der Waals surface area contributed by atoms with Gasteiger partial charge < -0.3 is 19.7 Å². The van der Waals surface area contributed by atoms with E-state index in [2.05, 4.69) is 35.7 Å². The second-order valence-corrected chi connectivity index (χ2v) is 7.89. The van der Waals surface area contributed by atoms with Crippen molar-refractivity contribution in [3.8, 4) is 5.75 Å². The lowest BCUT2D eigenvalue weighted by atomic mass is 9.76. The summed E-state index contributed by atoms with van der Waals surface area (Å²) in [6, 6.07) is 14.4. The first kappa shape index (κ1) is 18.3. The third-order valence-electron chi connectivity index (χ3n) is 6.40. The molecule has 2 aliphatic heterocycles. The van der Waals surface area contributed by atoms with Crippen molar-refractivity contribution in [2.45, 2.75) is 18.4 Å². The van der Waals surface area contributed by atoms with Gasteiger partial charge in [0.1, 0.15) is 5.75 Å². The molecule has 3 atom stereocenters. The van der Waals surface area contributed by atoms with Crippen molar-refractivity contribution in [3.63, 3.8) is 0 Å². The van der Waals surface area contributed by atoms with E-state index in [1.807, 2.05) is 29.2 Å². The van der Waals surface area contributed by atoms with Crippen LogP contribution in [0.5, 0.6) is 5.75 Å². The van der Waals surface area contributed by atoms with Crippen molar-refractivity contribution in [3.05, 3.63) is 71.3 Å². The van der Waals surface area contributed by atoms with Gasteiger partial charge in [-0.1, -0.05) is 42.5 Å². The number of hydrogen-bond donors (Lipinski definition) is 1. The summed E-state index contributed by atoms with van der Waals surface area (Å²) in [4.78, 5) is 15.2. The molecule has 0 spiro atoms. The number of benzene rings is 2. The lowest BCUT2D eigenvalue weighted by molar-refractivity contribution is 0.0303. The highest BCUT2D eigenvalue weighted by Crippen LogP contribution is 2.51. The van der Waals surface area contributed by atoms with Crippen LogP contribution in [0.4, 0.5) is 5.69 Å². The summed E-state index contributed by atoms with van der Waals surface area (Å²) >= 11 is 0. The van der Waals surface area contributed by atoms with Crippen LogP contribution in [-0.2, 0) is 4.74 Å². The average molecular weight is 390 g/mol. The summed E-state index contributed by atoms with van der Waals surface area (Å²) in [5.41, 5.74) is 4.08. The molecule has 29 heavy (non-hydrogen) atoms. The molecule has 1 aliphatic carbocycles. The zero-order valence-electron chi connectivity index (χ0n) is 16.6. The minimum absolute atomic E-state index is 0.0804. The lowest BCUT2D eigenvalue weighted by Crippen LogP contribution is -2.41. The molecule has 5 nitrogen and oxygen atoms in total. The number of anilines is 1. The van der Waals surface area contributed by atoms with Gasteiger partial charge in [0.15, 0.2) is 0 Å². The molecule has 2 aromatic rings. The molecule has 1 amide bonds. The van der Waals surface area contributed by atoms with Crippen LogP contribution in [0.3, 0.4) is 0 Å². The first-order chi connectivity index (χ1) is 14.3. The average Bonchev–Trinajstić information content (AvgIpc) is 3.28. The molecule has 150 valence electrons. The van der Waals surface area contributed by atoms with E-state index in [9.17, 15) is 4.79 Å². The topological polar surface area (TPSA) is 50.8 Å². The van der Waals surface area contributed by atoms with Crippen LogP contribution in [0.15, 0.2) is 54.6 Å². The smallest absolute Gasteiger partial charge is 0.256 e. The molecule has 2 aromatic carbocycles. The number of hydrogen-bond acceptors (Lipinski definition) is 4. The highest BCUT2D eigenvalue weighted by molar-refractivity contribution is 6.01. The van der Waals surface area contributed by atoms with Gasteiger partial charge in [-0.15, -0.1) is 0 Å². The minimum atomic E-state index is 0.0804. The zero-order chi connectivity index (χ0) is 19.8. The van der Waals surface area contributed by atoms with Crippen LogP contribution in [0, 0.1) is 5.92 Å². The van der Waals surface area contributed by atoms with Gasteiger partial charge in [0, 0.05) is 24.6 Å². The van der Waals surface area contributed by atoms with Crippen LogP contribution in [0.25, 0.3) is 0 Å². The predicted molar refractivity (Wildman–Crippen MR) is 113 cm³/mol. The van der Waals surface area contributed by atoms with Crippen LogP contribution in [0.2, 0.25) is 0 Å². The third-order valence-corrected chi connectivity index (χ3v) is 6.40. The summed E-state index contributed by atoms with van der Waals surface area (Å²) in [5, 5.41) is 3.75. The first-order valence-electron chi connectivity index (χ1n) is 10.3. The molecular formula is C24H26N2O3. The summed E-state index contributed by atoms with van der Waals surface area (Å²) in [7, 11) is 1.72. The fourth-order valence-electron chi connectivity index (χ4n) is 4.97. The fourth-order valence-corrected chi connectivity index (χ4v) is 4.97. The van der Waals surface area contributed by atoms with Gasteiger partial charge >= 0.3 is 0 Å². The number of ether oxygens (including phenoxy) is 2. The Morgan fingerprint density at radius 3 is 2.72 bits per heavy atom. The van der Waals surface area contributed by atoms with Gasteiger partial charge in [0.2, 0.25) is 0 Å². The summed E-state index contributed by atoms with van der Waals surface area (Å²) in [5.74, 6) is 1.68. The van der Waals surface area contributed by atoms with Crippen LogP contribution >= 0.6 is 0 Å². The number of carbonyl (C=O) groups excluding carboxylic acids is 1. The van der Waals surface area contributed by atoms with E-state index in [0.717, 1.165) is 29.0 Å². The van der Waals surface area contributed by atoms with Crippen LogP contribution < -0.4 is 10.1 Å². The quantitative estimate of drug-likeness (QED) is 0.805. The van der Waals surface area contributed by atoms with Gasteiger partial charge in [-0.3, -0.25) is 4.79 Å². The molecule has 3 aliphatic rings. The molecule has 0 bridgehead atoms. The van der Waals surface area contributed by atoms with E-state index < -0.39 is 0 Å². The minimum Gasteiger partial charge on any atom is -0.496 e. The second kappa shape index (κ2) is 7.56. The van der Waals surface area contributed by atoms with Crippen molar-refractivity contribution in [1.29, 1.82) is 0 Å². The first-order valence-corrected chi connectivity index (χ1v) is 10.3. The Balaban J connectivity index is 1.57. The van der Waals surface area contributed by atoms with Crippen molar-refractivity contribution >= 4 is 11.6 Å². The predicted octanol–water partition coefficient (Wildman–Crippen LogP) is 3.99. The molecule has 0 saturated carbocycles. The Hall–Kier alpha value is -2.79. The van der Waals surface area contributed by atoms with E-state index in [1.54, 1.807) is 7.11 Å². The Bertz CT molecular complexity index is 949. The number of nitrogens with zero attached hydrogens (tertiary/aromatic N) is 1. The van der Waals surface area contributed by atoms with Gasteiger partial charge in [0.05, 0.1) is 37.6 Å². The Labute approximate surface area is 171 Å². The Morgan fingerprint density at radius 2 is 1.90 bits per heavy atom. The zero-order valence-corrected chi connectivity index (χ0v) is 16.6. The maximum Gasteiger partial charge on any atom is 0.256 e. The molecule has 5 heteroatoms. The van der Waals surface area contributed by atoms with Gasteiger partial charge in [-0.2, -0.15) is 0 Å². The van der Waals surface area contributed by atoms with E-state index >= 15 is 0 Å². The molecular weight excluding hydrogens is 364 g/mol. The van der Waals surface area contributed by atoms with Gasteiger partial charge in [-0.25, -0.2) is 0 Å². The molecule has 3 unspecified atom stereocenters. The summed E-state index contributed by atoms with van der Waals surface area (Å²) in [6.45, 7) is 2.49. The number of carbonyl (C=O) groups is 1. The standard InChI is InChI=1S/C24H26N2O3/c1-28-21-11-3-2-6-19(21)22-17-8-4-7-16(17)18-9-5-10-20(23(18)25-22)24(27)26-12-14-29-15-13-26/h2-7,9-11,16-17,22,25H,8,12-15H2,1H3. The van der Waals surface area contributed by atoms with Crippen LogP contribution in [-0.4, -0.2) is 44.2 Å². The van der Waals surface area contributed by atoms with Crippen molar-refractivity contribution < 1.29 is 14.3 Å². The largest absolute Gasteiger partial charge is 0.496 e. The molecule has 1 N–H and O–H groups in total. The Morgan fingerprint density at radius 1 is 1.10 bits per heavy atom. The van der Waals surface area contributed by atoms with Crippen molar-refractivity contribution in [2.75, 3.05) is 38.7 Å². The second-order valence-electron chi connectivity index (χ2n) is 7.89. The third kappa shape index (κ3) is 3.10. The number of para-hydroxylation sites is 2. The number of fused-ring (bicyclic) bond motifs is 3. The number of amides is 1. The number of allylic oxidation sites excluding steroid dienone is 2. The van der Waals surface area contributed by atoms with Crippen molar-refractivity contribution in [1.82, 2.24) is 4.90 Å². The van der Waals surface area contributed by atoms with E-state index in [-0.39, 0.29) is 11.9 Å². The molecule has 0 radical (unpaired) electrons. The number of rotatable bonds is 3. The normalized spacial score (nSPS) is 25.1. The highest BCUT2D eigenvalue weighted by atomic mass is 16.5. The number of nitrogens with one attached hydrogen (secondary N) is 1. The molecule has 5 rings (SSSR count).